The van der Waals surface area contributed by atoms with Crippen LogP contribution >= 0.6 is 0 Å². The van der Waals surface area contributed by atoms with Gasteiger partial charge in [0.2, 0.25) is 11.9 Å². The van der Waals surface area contributed by atoms with Crippen molar-refractivity contribution in [3.05, 3.63) is 85.2 Å². The van der Waals surface area contributed by atoms with Gasteiger partial charge in [0.1, 0.15) is 23.4 Å². The second-order valence-corrected chi connectivity index (χ2v) is 8.20. The molecule has 3 N–H and O–H groups in total. The molecule has 1 amide bonds. The Morgan fingerprint density at radius 1 is 1.14 bits per heavy atom. The molecule has 2 aromatic carbocycles. The minimum atomic E-state index is -0.478. The van der Waals surface area contributed by atoms with E-state index in [0.29, 0.717) is 45.2 Å². The van der Waals surface area contributed by atoms with Crippen LogP contribution in [0.4, 0.5) is 27.5 Å². The number of carbonyl (C=O) groups is 1. The Morgan fingerprint density at radius 2 is 1.89 bits per heavy atom. The Labute approximate surface area is 211 Å². The standard InChI is InChI=1S/C26H22FN9O/c1-4-21(37)33-18-8-5-16(6-9-18)23-22(24-25(28)30-14-31-36(24)34-23)17-7-10-20(19(27)13-17)35(3)26-29-12-11-15(2)32-26/h4-14H,1H2,2-3H3,(H,33,37)(H2,28,30,31). The molecule has 37 heavy (non-hydrogen) atoms. The van der Waals surface area contributed by atoms with Crippen LogP contribution in [0.15, 0.2) is 73.7 Å². The molecule has 3 heterocycles. The van der Waals surface area contributed by atoms with E-state index in [1.165, 1.54) is 23.1 Å². The summed E-state index contributed by atoms with van der Waals surface area (Å²) < 4.78 is 16.9. The highest BCUT2D eigenvalue weighted by Crippen LogP contribution is 2.38. The lowest BCUT2D eigenvalue weighted by Crippen LogP contribution is -2.14. The van der Waals surface area contributed by atoms with Gasteiger partial charge in [-0.05, 0) is 48.9 Å². The molecule has 184 valence electrons. The number of anilines is 4. The summed E-state index contributed by atoms with van der Waals surface area (Å²) in [4.78, 5) is 25.9. The maximum Gasteiger partial charge on any atom is 0.247 e. The van der Waals surface area contributed by atoms with Crippen molar-refractivity contribution in [1.82, 2.24) is 29.8 Å². The molecule has 0 saturated heterocycles. The molecular formula is C26H22FN9O. The number of nitrogens with zero attached hydrogens (tertiary/aromatic N) is 7. The third kappa shape index (κ3) is 4.45. The van der Waals surface area contributed by atoms with Gasteiger partial charge in [0, 0.05) is 35.8 Å². The first kappa shape index (κ1) is 23.5. The Hall–Kier alpha value is -5.19. The summed E-state index contributed by atoms with van der Waals surface area (Å²) in [5, 5.41) is 11.5. The van der Waals surface area contributed by atoms with Crippen LogP contribution in [0.1, 0.15) is 5.69 Å². The predicted octanol–water partition coefficient (Wildman–Crippen LogP) is 4.17. The minimum absolute atomic E-state index is 0.202. The molecule has 0 aliphatic heterocycles. The van der Waals surface area contributed by atoms with Crippen molar-refractivity contribution in [2.24, 2.45) is 0 Å². The van der Waals surface area contributed by atoms with E-state index in [1.54, 1.807) is 60.6 Å². The van der Waals surface area contributed by atoms with E-state index in [9.17, 15) is 4.79 Å². The minimum Gasteiger partial charge on any atom is -0.382 e. The number of fused-ring (bicyclic) bond motifs is 1. The SMILES string of the molecule is C=CC(=O)Nc1ccc(-c2nn3ncnc(N)c3c2-c2ccc(N(C)c3nccc(C)n3)c(F)c2)cc1. The van der Waals surface area contributed by atoms with Crippen LogP contribution in [-0.4, -0.2) is 42.7 Å². The first-order valence-electron chi connectivity index (χ1n) is 11.2. The Kier molecular flexibility index (Phi) is 6.02. The fraction of sp³-hybridized carbons (Fsp3) is 0.0769. The summed E-state index contributed by atoms with van der Waals surface area (Å²) >= 11 is 0. The second-order valence-electron chi connectivity index (χ2n) is 8.20. The number of halogens is 1. The average molecular weight is 496 g/mol. The third-order valence-corrected chi connectivity index (χ3v) is 5.76. The van der Waals surface area contributed by atoms with E-state index >= 15 is 4.39 Å². The number of nitrogens with one attached hydrogen (secondary N) is 1. The van der Waals surface area contributed by atoms with Gasteiger partial charge in [0.05, 0.1) is 5.69 Å². The summed E-state index contributed by atoms with van der Waals surface area (Å²) in [7, 11) is 1.70. The fourth-order valence-electron chi connectivity index (χ4n) is 3.94. The lowest BCUT2D eigenvalue weighted by atomic mass is 9.99. The molecule has 3 aromatic heterocycles. The maximum absolute atomic E-state index is 15.5. The fourth-order valence-corrected chi connectivity index (χ4v) is 3.94. The maximum atomic E-state index is 15.5. The molecule has 0 unspecified atom stereocenters. The summed E-state index contributed by atoms with van der Waals surface area (Å²) in [5.74, 6) is -0.216. The summed E-state index contributed by atoms with van der Waals surface area (Å²) in [6.45, 7) is 5.30. The zero-order chi connectivity index (χ0) is 26.1. The van der Waals surface area contributed by atoms with Crippen molar-refractivity contribution in [3.63, 3.8) is 0 Å². The van der Waals surface area contributed by atoms with Crippen LogP contribution in [0.3, 0.4) is 0 Å². The number of hydrogen-bond donors (Lipinski definition) is 2. The van der Waals surface area contributed by atoms with Crippen molar-refractivity contribution in [3.8, 4) is 22.4 Å². The molecule has 0 atom stereocenters. The monoisotopic (exact) mass is 495 g/mol. The van der Waals surface area contributed by atoms with Crippen LogP contribution in [0.2, 0.25) is 0 Å². The van der Waals surface area contributed by atoms with E-state index in [1.807, 2.05) is 6.92 Å². The zero-order valence-corrected chi connectivity index (χ0v) is 20.1. The number of nitrogens with two attached hydrogens (primary N) is 1. The van der Waals surface area contributed by atoms with Gasteiger partial charge in [0.25, 0.3) is 0 Å². The van der Waals surface area contributed by atoms with Gasteiger partial charge >= 0.3 is 0 Å². The molecule has 0 bridgehead atoms. The molecule has 0 radical (unpaired) electrons. The Balaban J connectivity index is 1.61. The van der Waals surface area contributed by atoms with E-state index < -0.39 is 5.82 Å². The van der Waals surface area contributed by atoms with Crippen molar-refractivity contribution >= 4 is 34.6 Å². The molecule has 0 spiro atoms. The number of aromatic nitrogens is 6. The topological polar surface area (TPSA) is 127 Å². The molecule has 0 saturated carbocycles. The summed E-state index contributed by atoms with van der Waals surface area (Å²) in [5.41, 5.74) is 10.7. The van der Waals surface area contributed by atoms with Crippen LogP contribution in [0.25, 0.3) is 27.9 Å². The number of hydrogen-bond acceptors (Lipinski definition) is 8. The molecule has 10 nitrogen and oxygen atoms in total. The van der Waals surface area contributed by atoms with Crippen molar-refractivity contribution in [2.45, 2.75) is 6.92 Å². The first-order chi connectivity index (χ1) is 17.9. The quantitative estimate of drug-likeness (QED) is 0.336. The number of carbonyl (C=O) groups excluding carboxylic acids is 1. The highest BCUT2D eigenvalue weighted by Gasteiger charge is 2.22. The average Bonchev–Trinajstić information content (AvgIpc) is 3.29. The van der Waals surface area contributed by atoms with Crippen LogP contribution in [0, 0.1) is 12.7 Å². The number of benzene rings is 2. The normalized spacial score (nSPS) is 10.9. The Bertz CT molecular complexity index is 1650. The lowest BCUT2D eigenvalue weighted by Gasteiger charge is -2.18. The van der Waals surface area contributed by atoms with Crippen LogP contribution in [0.5, 0.6) is 0 Å². The summed E-state index contributed by atoms with van der Waals surface area (Å²) in [6.07, 6.45) is 4.12. The highest BCUT2D eigenvalue weighted by molar-refractivity contribution is 5.99. The molecule has 0 aliphatic rings. The highest BCUT2D eigenvalue weighted by atomic mass is 19.1. The molecule has 0 fully saturated rings. The van der Waals surface area contributed by atoms with Gasteiger partial charge in [-0.15, -0.1) is 14.8 Å². The van der Waals surface area contributed by atoms with Gasteiger partial charge < -0.3 is 16.0 Å². The van der Waals surface area contributed by atoms with Gasteiger partial charge in [-0.2, -0.15) is 0 Å². The molecular weight excluding hydrogens is 473 g/mol. The van der Waals surface area contributed by atoms with E-state index in [-0.39, 0.29) is 11.7 Å². The smallest absolute Gasteiger partial charge is 0.247 e. The molecule has 0 aliphatic carbocycles. The van der Waals surface area contributed by atoms with Gasteiger partial charge in [0.15, 0.2) is 5.82 Å². The number of amides is 1. The predicted molar refractivity (Wildman–Crippen MR) is 140 cm³/mol. The van der Waals surface area contributed by atoms with Crippen LogP contribution < -0.4 is 16.0 Å². The van der Waals surface area contributed by atoms with Gasteiger partial charge in [-0.1, -0.05) is 24.8 Å². The zero-order valence-electron chi connectivity index (χ0n) is 20.1. The lowest BCUT2D eigenvalue weighted by molar-refractivity contribution is -0.111. The van der Waals surface area contributed by atoms with Crippen molar-refractivity contribution in [2.75, 3.05) is 23.0 Å². The number of nitrogen functional groups attached to an aromatic ring is 1. The summed E-state index contributed by atoms with van der Waals surface area (Å²) in [6, 6.07) is 13.7. The number of rotatable bonds is 6. The largest absolute Gasteiger partial charge is 0.382 e. The van der Waals surface area contributed by atoms with Crippen LogP contribution in [-0.2, 0) is 4.79 Å². The van der Waals surface area contributed by atoms with Gasteiger partial charge in [-0.3, -0.25) is 4.79 Å². The Morgan fingerprint density at radius 3 is 2.59 bits per heavy atom. The van der Waals surface area contributed by atoms with E-state index in [4.69, 9.17) is 5.73 Å². The van der Waals surface area contributed by atoms with Crippen molar-refractivity contribution < 1.29 is 9.18 Å². The first-order valence-corrected chi connectivity index (χ1v) is 11.2. The van der Waals surface area contributed by atoms with Gasteiger partial charge in [-0.25, -0.2) is 19.3 Å². The molecule has 11 heteroatoms. The molecule has 5 rings (SSSR count). The number of aryl methyl sites for hydroxylation is 1. The van der Waals surface area contributed by atoms with E-state index in [0.717, 1.165) is 5.69 Å². The third-order valence-electron chi connectivity index (χ3n) is 5.76. The van der Waals surface area contributed by atoms with E-state index in [2.05, 4.69) is 37.0 Å². The second kappa shape index (κ2) is 9.46. The molecule has 5 aromatic rings. The van der Waals surface area contributed by atoms with Crippen molar-refractivity contribution in [1.29, 1.82) is 0 Å².